The normalized spacial score (nSPS) is 9.95. The molecule has 6 nitrogen and oxygen atoms in total. The van der Waals surface area contributed by atoms with Gasteiger partial charge in [0.1, 0.15) is 0 Å². The molecule has 1 aromatic carbocycles. The first-order valence-electron chi connectivity index (χ1n) is 6.03. The summed E-state index contributed by atoms with van der Waals surface area (Å²) < 4.78 is 0. The molecular formula is C14H12ClN3O3. The van der Waals surface area contributed by atoms with Gasteiger partial charge in [0.05, 0.1) is 17.4 Å². The predicted octanol–water partition coefficient (Wildman–Crippen LogP) is 2.75. The number of carboxylic acids is 1. The molecule has 2 amide bonds. The molecule has 2 aromatic rings. The van der Waals surface area contributed by atoms with Crippen LogP contribution in [0.1, 0.15) is 15.9 Å². The van der Waals surface area contributed by atoms with E-state index < -0.39 is 12.0 Å². The van der Waals surface area contributed by atoms with Gasteiger partial charge in [0.15, 0.2) is 0 Å². The van der Waals surface area contributed by atoms with Crippen LogP contribution in [0.15, 0.2) is 42.7 Å². The second kappa shape index (κ2) is 6.71. The van der Waals surface area contributed by atoms with Crippen LogP contribution in [0.5, 0.6) is 0 Å². The number of anilines is 1. The minimum Gasteiger partial charge on any atom is -0.478 e. The fourth-order valence-electron chi connectivity index (χ4n) is 1.62. The lowest BCUT2D eigenvalue weighted by Crippen LogP contribution is -2.28. The molecule has 0 aliphatic rings. The van der Waals surface area contributed by atoms with Crippen molar-refractivity contribution in [3.05, 3.63) is 58.9 Å². The Morgan fingerprint density at radius 3 is 2.71 bits per heavy atom. The molecule has 0 bridgehead atoms. The topological polar surface area (TPSA) is 91.3 Å². The molecule has 21 heavy (non-hydrogen) atoms. The SMILES string of the molecule is O=C(NCc1ccccc1Cl)Nc1cncc(C(=O)O)c1. The Bertz CT molecular complexity index is 676. The highest BCUT2D eigenvalue weighted by Crippen LogP contribution is 2.14. The van der Waals surface area contributed by atoms with E-state index in [9.17, 15) is 9.59 Å². The van der Waals surface area contributed by atoms with Gasteiger partial charge in [0.25, 0.3) is 0 Å². The van der Waals surface area contributed by atoms with Gasteiger partial charge in [-0.05, 0) is 17.7 Å². The van der Waals surface area contributed by atoms with Crippen LogP contribution in [0.3, 0.4) is 0 Å². The maximum absolute atomic E-state index is 11.7. The van der Waals surface area contributed by atoms with Gasteiger partial charge in [-0.15, -0.1) is 0 Å². The molecule has 0 fully saturated rings. The van der Waals surface area contributed by atoms with Gasteiger partial charge in [-0.2, -0.15) is 0 Å². The number of pyridine rings is 1. The molecule has 0 radical (unpaired) electrons. The Kier molecular flexibility index (Phi) is 4.73. The largest absolute Gasteiger partial charge is 0.478 e. The third kappa shape index (κ3) is 4.19. The molecule has 108 valence electrons. The number of carboxylic acid groups (broad SMARTS) is 1. The summed E-state index contributed by atoms with van der Waals surface area (Å²) >= 11 is 5.98. The van der Waals surface area contributed by atoms with E-state index in [0.29, 0.717) is 10.7 Å². The van der Waals surface area contributed by atoms with Crippen molar-refractivity contribution in [1.29, 1.82) is 0 Å². The first-order valence-corrected chi connectivity index (χ1v) is 6.40. The van der Waals surface area contributed by atoms with E-state index in [1.807, 2.05) is 6.07 Å². The predicted molar refractivity (Wildman–Crippen MR) is 78.5 cm³/mol. The molecule has 0 aliphatic carbocycles. The number of nitrogens with zero attached hydrogens (tertiary/aromatic N) is 1. The first-order chi connectivity index (χ1) is 10.1. The van der Waals surface area contributed by atoms with Gasteiger partial charge < -0.3 is 15.7 Å². The Labute approximate surface area is 125 Å². The molecular weight excluding hydrogens is 294 g/mol. The van der Waals surface area contributed by atoms with Crippen LogP contribution in [0.4, 0.5) is 10.5 Å². The second-order valence-corrected chi connectivity index (χ2v) is 4.57. The number of benzene rings is 1. The van der Waals surface area contributed by atoms with Gasteiger partial charge in [-0.1, -0.05) is 29.8 Å². The van der Waals surface area contributed by atoms with Crippen molar-refractivity contribution in [1.82, 2.24) is 10.3 Å². The number of amides is 2. The van der Waals surface area contributed by atoms with E-state index in [4.69, 9.17) is 16.7 Å². The third-order valence-electron chi connectivity index (χ3n) is 2.64. The molecule has 0 aliphatic heterocycles. The van der Waals surface area contributed by atoms with Crippen molar-refractivity contribution in [3.63, 3.8) is 0 Å². The minimum atomic E-state index is -1.11. The van der Waals surface area contributed by atoms with Crippen molar-refractivity contribution in [2.24, 2.45) is 0 Å². The summed E-state index contributed by atoms with van der Waals surface area (Å²) in [5.41, 5.74) is 1.08. The average Bonchev–Trinajstić information content (AvgIpc) is 2.46. The van der Waals surface area contributed by atoms with E-state index >= 15 is 0 Å². The number of halogens is 1. The monoisotopic (exact) mass is 305 g/mol. The van der Waals surface area contributed by atoms with Crippen LogP contribution in [-0.4, -0.2) is 22.1 Å². The summed E-state index contributed by atoms with van der Waals surface area (Å²) in [5.74, 6) is -1.11. The summed E-state index contributed by atoms with van der Waals surface area (Å²) in [4.78, 5) is 26.3. The van der Waals surface area contributed by atoms with Gasteiger partial charge in [0, 0.05) is 17.8 Å². The van der Waals surface area contributed by atoms with Crippen LogP contribution in [-0.2, 0) is 6.54 Å². The minimum absolute atomic E-state index is 0.00101. The Hall–Kier alpha value is -2.60. The molecule has 0 spiro atoms. The molecule has 1 heterocycles. The lowest BCUT2D eigenvalue weighted by atomic mass is 10.2. The van der Waals surface area contributed by atoms with Gasteiger partial charge in [0.2, 0.25) is 0 Å². The fraction of sp³-hybridized carbons (Fsp3) is 0.0714. The molecule has 0 atom stereocenters. The Balaban J connectivity index is 1.95. The maximum Gasteiger partial charge on any atom is 0.337 e. The van der Waals surface area contributed by atoms with Crippen molar-refractivity contribution < 1.29 is 14.7 Å². The quantitative estimate of drug-likeness (QED) is 0.810. The molecule has 0 saturated carbocycles. The van der Waals surface area contributed by atoms with E-state index in [2.05, 4.69) is 15.6 Å². The van der Waals surface area contributed by atoms with Crippen LogP contribution in [0, 0.1) is 0 Å². The highest BCUT2D eigenvalue weighted by molar-refractivity contribution is 6.31. The number of hydrogen-bond acceptors (Lipinski definition) is 3. The zero-order valence-corrected chi connectivity index (χ0v) is 11.6. The molecule has 0 unspecified atom stereocenters. The Morgan fingerprint density at radius 2 is 2.00 bits per heavy atom. The van der Waals surface area contributed by atoms with Gasteiger partial charge in [-0.3, -0.25) is 4.98 Å². The zero-order valence-electron chi connectivity index (χ0n) is 10.8. The number of nitrogens with one attached hydrogen (secondary N) is 2. The molecule has 0 saturated heterocycles. The van der Waals surface area contributed by atoms with Crippen molar-refractivity contribution >= 4 is 29.3 Å². The number of urea groups is 1. The summed E-state index contributed by atoms with van der Waals surface area (Å²) in [7, 11) is 0. The van der Waals surface area contributed by atoms with Gasteiger partial charge >= 0.3 is 12.0 Å². The number of carbonyl (C=O) groups excluding carboxylic acids is 1. The molecule has 7 heteroatoms. The van der Waals surface area contributed by atoms with Crippen LogP contribution >= 0.6 is 11.6 Å². The number of aromatic carboxylic acids is 1. The lowest BCUT2D eigenvalue weighted by molar-refractivity contribution is 0.0696. The van der Waals surface area contributed by atoms with Gasteiger partial charge in [-0.25, -0.2) is 9.59 Å². The fourth-order valence-corrected chi connectivity index (χ4v) is 1.82. The Morgan fingerprint density at radius 1 is 1.24 bits per heavy atom. The van der Waals surface area contributed by atoms with Crippen LogP contribution < -0.4 is 10.6 Å². The number of rotatable bonds is 4. The van der Waals surface area contributed by atoms with Crippen LogP contribution in [0.2, 0.25) is 5.02 Å². The lowest BCUT2D eigenvalue weighted by Gasteiger charge is -2.08. The average molecular weight is 306 g/mol. The smallest absolute Gasteiger partial charge is 0.337 e. The third-order valence-corrected chi connectivity index (χ3v) is 3.01. The first kappa shape index (κ1) is 14.8. The summed E-state index contributed by atoms with van der Waals surface area (Å²) in [6.07, 6.45) is 2.57. The van der Waals surface area contributed by atoms with E-state index in [1.54, 1.807) is 18.2 Å². The number of hydrogen-bond donors (Lipinski definition) is 3. The van der Waals surface area contributed by atoms with Crippen molar-refractivity contribution in [2.45, 2.75) is 6.54 Å². The van der Waals surface area contributed by atoms with E-state index in [0.717, 1.165) is 5.56 Å². The van der Waals surface area contributed by atoms with Crippen molar-refractivity contribution in [2.75, 3.05) is 5.32 Å². The summed E-state index contributed by atoms with van der Waals surface area (Å²) in [6.45, 7) is 0.261. The number of carbonyl (C=O) groups is 2. The van der Waals surface area contributed by atoms with E-state index in [1.165, 1.54) is 18.5 Å². The highest BCUT2D eigenvalue weighted by atomic mass is 35.5. The summed E-state index contributed by atoms with van der Waals surface area (Å²) in [5, 5.41) is 14.5. The van der Waals surface area contributed by atoms with Crippen molar-refractivity contribution in [3.8, 4) is 0 Å². The summed E-state index contributed by atoms with van der Waals surface area (Å²) in [6, 6.07) is 8.01. The van der Waals surface area contributed by atoms with Crippen LogP contribution in [0.25, 0.3) is 0 Å². The second-order valence-electron chi connectivity index (χ2n) is 4.17. The molecule has 2 rings (SSSR count). The molecule has 3 N–H and O–H groups in total. The zero-order chi connectivity index (χ0) is 15.2. The standard InChI is InChI=1S/C14H12ClN3O3/c15-12-4-2-1-3-9(12)7-17-14(21)18-11-5-10(13(19)20)6-16-8-11/h1-6,8H,7H2,(H,19,20)(H2,17,18,21). The molecule has 1 aromatic heterocycles. The van der Waals surface area contributed by atoms with E-state index in [-0.39, 0.29) is 12.1 Å². The number of aromatic nitrogens is 1. The maximum atomic E-state index is 11.7. The highest BCUT2D eigenvalue weighted by Gasteiger charge is 2.07.